The van der Waals surface area contributed by atoms with Gasteiger partial charge in [-0.1, -0.05) is 0 Å². The van der Waals surface area contributed by atoms with Crippen LogP contribution in [0.5, 0.6) is 0 Å². The molecule has 1 rings (SSSR count). The maximum absolute atomic E-state index is 11.0. The van der Waals surface area contributed by atoms with Gasteiger partial charge in [0.15, 0.2) is 0 Å². The second kappa shape index (κ2) is 6.77. The van der Waals surface area contributed by atoms with E-state index in [2.05, 4.69) is 22.6 Å². The molecule has 6 heteroatoms. The third-order valence-electron chi connectivity index (χ3n) is 2.97. The number of nitrogens with two attached hydrogens (primary N) is 1. The number of anilines is 2. The van der Waals surface area contributed by atoms with Crippen molar-refractivity contribution < 1.29 is 8.42 Å². The zero-order valence-electron chi connectivity index (χ0n) is 11.8. The van der Waals surface area contributed by atoms with Crippen LogP contribution in [0.3, 0.4) is 0 Å². The smallest absolute Gasteiger partial charge is 0.208 e. The molecule has 0 saturated heterocycles. The fourth-order valence-electron chi connectivity index (χ4n) is 1.85. The van der Waals surface area contributed by atoms with Gasteiger partial charge in [-0.15, -0.1) is 0 Å². The number of aryl methyl sites for hydroxylation is 1. The van der Waals surface area contributed by atoms with Crippen LogP contribution in [0.1, 0.15) is 18.9 Å². The molecule has 1 aromatic rings. The zero-order valence-corrected chi connectivity index (χ0v) is 12.6. The molecule has 0 radical (unpaired) electrons. The van der Waals surface area contributed by atoms with E-state index < -0.39 is 10.0 Å². The molecule has 108 valence electrons. The van der Waals surface area contributed by atoms with Crippen LogP contribution in [0, 0.1) is 6.92 Å². The molecule has 0 aliphatic rings. The summed E-state index contributed by atoms with van der Waals surface area (Å²) in [4.78, 5) is 2.20. The summed E-state index contributed by atoms with van der Waals surface area (Å²) < 4.78 is 24.4. The van der Waals surface area contributed by atoms with Crippen LogP contribution in [-0.2, 0) is 10.0 Å². The molecule has 0 aromatic heterocycles. The molecule has 0 saturated carbocycles. The van der Waals surface area contributed by atoms with E-state index in [-0.39, 0.29) is 0 Å². The standard InChI is InChI=1S/C13H23N3O2S/c1-4-16(9-5-8-15-19(3,17)18)12-6-7-13(14)11(2)10-12/h6-7,10,15H,4-5,8-9,14H2,1-3H3. The first-order chi connectivity index (χ1) is 8.83. The highest BCUT2D eigenvalue weighted by Crippen LogP contribution is 2.20. The predicted molar refractivity (Wildman–Crippen MR) is 80.9 cm³/mol. The minimum absolute atomic E-state index is 0.462. The highest BCUT2D eigenvalue weighted by atomic mass is 32.2. The third kappa shape index (κ3) is 5.48. The Morgan fingerprint density at radius 1 is 1.37 bits per heavy atom. The Kier molecular flexibility index (Phi) is 5.62. The Morgan fingerprint density at radius 2 is 2.05 bits per heavy atom. The van der Waals surface area contributed by atoms with Crippen molar-refractivity contribution in [1.82, 2.24) is 4.72 Å². The molecule has 0 unspecified atom stereocenters. The van der Waals surface area contributed by atoms with Crippen LogP contribution in [0.15, 0.2) is 18.2 Å². The number of benzene rings is 1. The van der Waals surface area contributed by atoms with Gasteiger partial charge in [0.25, 0.3) is 0 Å². The van der Waals surface area contributed by atoms with E-state index in [4.69, 9.17) is 5.73 Å². The topological polar surface area (TPSA) is 75.4 Å². The molecular formula is C13H23N3O2S. The van der Waals surface area contributed by atoms with Crippen molar-refractivity contribution in [1.29, 1.82) is 0 Å². The lowest BCUT2D eigenvalue weighted by Crippen LogP contribution is -2.29. The minimum Gasteiger partial charge on any atom is -0.399 e. The average Bonchev–Trinajstić information content (AvgIpc) is 2.32. The molecule has 19 heavy (non-hydrogen) atoms. The van der Waals surface area contributed by atoms with E-state index in [9.17, 15) is 8.42 Å². The van der Waals surface area contributed by atoms with Gasteiger partial charge in [0.1, 0.15) is 0 Å². The Morgan fingerprint density at radius 3 is 2.58 bits per heavy atom. The van der Waals surface area contributed by atoms with Crippen LogP contribution in [0.2, 0.25) is 0 Å². The fraction of sp³-hybridized carbons (Fsp3) is 0.538. The second-order valence-electron chi connectivity index (χ2n) is 4.64. The van der Waals surface area contributed by atoms with Crippen LogP contribution in [0.4, 0.5) is 11.4 Å². The van der Waals surface area contributed by atoms with E-state index in [0.29, 0.717) is 6.54 Å². The molecule has 0 fully saturated rings. The van der Waals surface area contributed by atoms with Gasteiger partial charge in [-0.25, -0.2) is 13.1 Å². The molecule has 0 spiro atoms. The maximum Gasteiger partial charge on any atom is 0.208 e. The van der Waals surface area contributed by atoms with Crippen LogP contribution < -0.4 is 15.4 Å². The van der Waals surface area contributed by atoms with Crippen LogP contribution >= 0.6 is 0 Å². The van der Waals surface area contributed by atoms with Gasteiger partial charge >= 0.3 is 0 Å². The third-order valence-corrected chi connectivity index (χ3v) is 3.70. The van der Waals surface area contributed by atoms with Crippen molar-refractivity contribution in [2.24, 2.45) is 0 Å². The van der Waals surface area contributed by atoms with Crippen molar-refractivity contribution in [3.63, 3.8) is 0 Å². The van der Waals surface area contributed by atoms with E-state index in [1.807, 2.05) is 19.1 Å². The lowest BCUT2D eigenvalue weighted by molar-refractivity contribution is 0.584. The Labute approximate surface area is 115 Å². The molecule has 1 aromatic carbocycles. The normalized spacial score (nSPS) is 11.5. The van der Waals surface area contributed by atoms with Crippen molar-refractivity contribution in [2.75, 3.05) is 36.5 Å². The molecule has 0 atom stereocenters. The quantitative estimate of drug-likeness (QED) is 0.585. The predicted octanol–water partition coefficient (Wildman–Crippen LogP) is 1.34. The van der Waals surface area contributed by atoms with Crippen molar-refractivity contribution >= 4 is 21.4 Å². The summed E-state index contributed by atoms with van der Waals surface area (Å²) in [5.74, 6) is 0. The summed E-state index contributed by atoms with van der Waals surface area (Å²) in [6.07, 6.45) is 1.94. The minimum atomic E-state index is -3.09. The zero-order chi connectivity index (χ0) is 14.5. The number of hydrogen-bond donors (Lipinski definition) is 2. The molecule has 0 heterocycles. The highest BCUT2D eigenvalue weighted by molar-refractivity contribution is 7.88. The summed E-state index contributed by atoms with van der Waals surface area (Å²) in [6.45, 7) is 6.21. The second-order valence-corrected chi connectivity index (χ2v) is 6.47. The number of hydrogen-bond acceptors (Lipinski definition) is 4. The van der Waals surface area contributed by atoms with E-state index in [0.717, 1.165) is 36.4 Å². The van der Waals surface area contributed by atoms with Gasteiger partial charge in [-0.2, -0.15) is 0 Å². The Hall–Kier alpha value is -1.27. The molecule has 0 aliphatic heterocycles. The maximum atomic E-state index is 11.0. The molecule has 0 amide bonds. The van der Waals surface area contributed by atoms with E-state index in [1.165, 1.54) is 6.26 Å². The summed E-state index contributed by atoms with van der Waals surface area (Å²) in [7, 11) is -3.09. The largest absolute Gasteiger partial charge is 0.399 e. The number of nitrogen functional groups attached to an aromatic ring is 1. The summed E-state index contributed by atoms with van der Waals surface area (Å²) in [6, 6.07) is 5.96. The lowest BCUT2D eigenvalue weighted by atomic mass is 10.1. The molecular weight excluding hydrogens is 262 g/mol. The number of nitrogens with one attached hydrogen (secondary N) is 1. The number of rotatable bonds is 7. The molecule has 0 aliphatic carbocycles. The van der Waals surface area contributed by atoms with Gasteiger partial charge in [-0.3, -0.25) is 0 Å². The van der Waals surface area contributed by atoms with E-state index in [1.54, 1.807) is 0 Å². The first kappa shape index (κ1) is 15.8. The highest BCUT2D eigenvalue weighted by Gasteiger charge is 2.06. The van der Waals surface area contributed by atoms with Gasteiger partial charge in [0.2, 0.25) is 10.0 Å². The van der Waals surface area contributed by atoms with Gasteiger partial charge in [-0.05, 0) is 44.0 Å². The first-order valence-electron chi connectivity index (χ1n) is 6.39. The molecule has 5 nitrogen and oxygen atoms in total. The summed E-state index contributed by atoms with van der Waals surface area (Å²) in [5.41, 5.74) is 8.77. The van der Waals surface area contributed by atoms with Crippen LogP contribution in [0.25, 0.3) is 0 Å². The van der Waals surface area contributed by atoms with Crippen molar-refractivity contribution in [3.8, 4) is 0 Å². The summed E-state index contributed by atoms with van der Waals surface area (Å²) >= 11 is 0. The first-order valence-corrected chi connectivity index (χ1v) is 8.28. The molecule has 3 N–H and O–H groups in total. The van der Waals surface area contributed by atoms with Crippen LogP contribution in [-0.4, -0.2) is 34.3 Å². The van der Waals surface area contributed by atoms with Crippen molar-refractivity contribution in [3.05, 3.63) is 23.8 Å². The lowest BCUT2D eigenvalue weighted by Gasteiger charge is -2.23. The number of nitrogens with zero attached hydrogens (tertiary/aromatic N) is 1. The molecule has 0 bridgehead atoms. The average molecular weight is 285 g/mol. The summed E-state index contributed by atoms with van der Waals surface area (Å²) in [5, 5.41) is 0. The van der Waals surface area contributed by atoms with E-state index >= 15 is 0 Å². The SMILES string of the molecule is CCN(CCCNS(C)(=O)=O)c1ccc(N)c(C)c1. The Balaban J connectivity index is 2.56. The van der Waals surface area contributed by atoms with Gasteiger partial charge < -0.3 is 10.6 Å². The monoisotopic (exact) mass is 285 g/mol. The van der Waals surface area contributed by atoms with Gasteiger partial charge in [0.05, 0.1) is 6.26 Å². The number of sulfonamides is 1. The van der Waals surface area contributed by atoms with Crippen molar-refractivity contribution in [2.45, 2.75) is 20.3 Å². The fourth-order valence-corrected chi connectivity index (χ4v) is 2.37. The van der Waals surface area contributed by atoms with Gasteiger partial charge in [0, 0.05) is 31.0 Å². The Bertz CT molecular complexity index is 515.